The second-order valence-electron chi connectivity index (χ2n) is 6.37. The van der Waals surface area contributed by atoms with Crippen LogP contribution in [0.25, 0.3) is 10.2 Å². The van der Waals surface area contributed by atoms with E-state index in [2.05, 4.69) is 6.92 Å². The average molecular weight is 367 g/mol. The number of aliphatic hydroxyl groups is 1. The van der Waals surface area contributed by atoms with Crippen molar-refractivity contribution in [1.82, 2.24) is 9.55 Å². The molecule has 1 N–H and O–H groups in total. The van der Waals surface area contributed by atoms with E-state index in [1.54, 1.807) is 23.1 Å². The van der Waals surface area contributed by atoms with E-state index in [0.717, 1.165) is 66.2 Å². The monoisotopic (exact) mass is 366 g/mol. The number of aromatic nitrogens is 2. The lowest BCUT2D eigenvalue weighted by Gasteiger charge is -2.13. The van der Waals surface area contributed by atoms with Gasteiger partial charge in [0.2, 0.25) is 0 Å². The average Bonchev–Trinajstić information content (AvgIpc) is 2.96. The maximum absolute atomic E-state index is 13.2. The summed E-state index contributed by atoms with van der Waals surface area (Å²) in [4.78, 5) is 20.3. The van der Waals surface area contributed by atoms with Gasteiger partial charge in [0.1, 0.15) is 4.83 Å². The Labute approximate surface area is 151 Å². The molecule has 0 unspecified atom stereocenters. The standard InChI is InChI=1S/C18H26N2O2S2/c1-2-3-6-10-20-17(22)15-13-8-4-5-9-14(13)24-16(15)19-18(20)23-12-7-11-21/h21H,2-12H2,1H3. The molecule has 2 heterocycles. The smallest absolute Gasteiger partial charge is 0.263 e. The SMILES string of the molecule is CCCCCn1c(SCCCO)nc2sc3c(c2c1=O)CCCC3. The Morgan fingerprint density at radius 2 is 2.08 bits per heavy atom. The van der Waals surface area contributed by atoms with E-state index in [4.69, 9.17) is 10.1 Å². The molecule has 2 aromatic rings. The number of hydrogen-bond acceptors (Lipinski definition) is 5. The Morgan fingerprint density at radius 1 is 1.25 bits per heavy atom. The van der Waals surface area contributed by atoms with E-state index in [0.29, 0.717) is 0 Å². The summed E-state index contributed by atoms with van der Waals surface area (Å²) in [5.74, 6) is 0.799. The topological polar surface area (TPSA) is 55.1 Å². The number of aliphatic hydroxyl groups excluding tert-OH is 1. The van der Waals surface area contributed by atoms with Crippen LogP contribution in [-0.4, -0.2) is 27.0 Å². The van der Waals surface area contributed by atoms with Crippen molar-refractivity contribution in [3.63, 3.8) is 0 Å². The van der Waals surface area contributed by atoms with Crippen LogP contribution < -0.4 is 5.56 Å². The molecule has 24 heavy (non-hydrogen) atoms. The minimum absolute atomic E-state index is 0.155. The lowest BCUT2D eigenvalue weighted by molar-refractivity contribution is 0.296. The first-order valence-corrected chi connectivity index (χ1v) is 10.8. The molecule has 6 heteroatoms. The predicted octanol–water partition coefficient (Wildman–Crippen LogP) is 4.00. The second kappa shape index (κ2) is 8.50. The molecule has 132 valence electrons. The van der Waals surface area contributed by atoms with Gasteiger partial charge in [0.25, 0.3) is 5.56 Å². The van der Waals surface area contributed by atoms with Gasteiger partial charge < -0.3 is 5.11 Å². The Bertz CT molecular complexity index is 752. The molecule has 0 saturated carbocycles. The van der Waals surface area contributed by atoms with Gasteiger partial charge >= 0.3 is 0 Å². The minimum atomic E-state index is 0.155. The number of thiophene rings is 1. The summed E-state index contributed by atoms with van der Waals surface area (Å²) in [7, 11) is 0. The zero-order valence-electron chi connectivity index (χ0n) is 14.3. The summed E-state index contributed by atoms with van der Waals surface area (Å²) in [5, 5.41) is 10.7. The molecule has 2 aromatic heterocycles. The van der Waals surface area contributed by atoms with Crippen molar-refractivity contribution in [1.29, 1.82) is 0 Å². The molecule has 1 aliphatic rings. The molecule has 0 amide bonds. The van der Waals surface area contributed by atoms with Gasteiger partial charge in [-0.2, -0.15) is 0 Å². The van der Waals surface area contributed by atoms with Gasteiger partial charge in [0.05, 0.1) is 5.39 Å². The van der Waals surface area contributed by atoms with Gasteiger partial charge in [-0.15, -0.1) is 11.3 Å². The summed E-state index contributed by atoms with van der Waals surface area (Å²) in [5.41, 5.74) is 1.43. The lowest BCUT2D eigenvalue weighted by atomic mass is 9.97. The normalized spacial score (nSPS) is 14.2. The van der Waals surface area contributed by atoms with E-state index in [1.807, 2.05) is 4.57 Å². The third-order valence-corrected chi connectivity index (χ3v) is 6.81. The molecular formula is C18H26N2O2S2. The molecule has 0 saturated heterocycles. The van der Waals surface area contributed by atoms with Crippen LogP contribution in [0.4, 0.5) is 0 Å². The van der Waals surface area contributed by atoms with Crippen LogP contribution in [0.15, 0.2) is 9.95 Å². The minimum Gasteiger partial charge on any atom is -0.396 e. The summed E-state index contributed by atoms with van der Waals surface area (Å²) in [6.45, 7) is 3.11. The summed E-state index contributed by atoms with van der Waals surface area (Å²) < 4.78 is 1.89. The van der Waals surface area contributed by atoms with Crippen LogP contribution in [0.5, 0.6) is 0 Å². The van der Waals surface area contributed by atoms with E-state index in [9.17, 15) is 4.79 Å². The van der Waals surface area contributed by atoms with Crippen LogP contribution in [0.2, 0.25) is 0 Å². The molecule has 0 aliphatic heterocycles. The van der Waals surface area contributed by atoms with E-state index >= 15 is 0 Å². The molecule has 0 atom stereocenters. The van der Waals surface area contributed by atoms with Crippen LogP contribution in [0.3, 0.4) is 0 Å². The summed E-state index contributed by atoms with van der Waals surface area (Å²) in [6.07, 6.45) is 8.55. The second-order valence-corrected chi connectivity index (χ2v) is 8.52. The van der Waals surface area contributed by atoms with Crippen molar-refractivity contribution >= 4 is 33.3 Å². The van der Waals surface area contributed by atoms with Crippen LogP contribution in [-0.2, 0) is 19.4 Å². The number of rotatable bonds is 8. The molecule has 0 radical (unpaired) electrons. The Morgan fingerprint density at radius 3 is 2.88 bits per heavy atom. The van der Waals surface area contributed by atoms with Crippen LogP contribution >= 0.6 is 23.1 Å². The Kier molecular flexibility index (Phi) is 6.36. The van der Waals surface area contributed by atoms with Gasteiger partial charge in [-0.05, 0) is 44.1 Å². The molecule has 1 aliphatic carbocycles. The number of hydrogen-bond donors (Lipinski definition) is 1. The van der Waals surface area contributed by atoms with Crippen LogP contribution in [0.1, 0.15) is 55.9 Å². The molecule has 4 nitrogen and oxygen atoms in total. The first kappa shape index (κ1) is 18.0. The first-order valence-electron chi connectivity index (χ1n) is 9.05. The number of fused-ring (bicyclic) bond motifs is 3. The van der Waals surface area contributed by atoms with Crippen molar-refractivity contribution in [3.8, 4) is 0 Å². The number of unbranched alkanes of at least 4 members (excludes halogenated alkanes) is 2. The van der Waals surface area contributed by atoms with Gasteiger partial charge in [-0.25, -0.2) is 4.98 Å². The van der Waals surface area contributed by atoms with Crippen molar-refractivity contribution < 1.29 is 5.11 Å². The zero-order valence-corrected chi connectivity index (χ0v) is 16.0. The highest BCUT2D eigenvalue weighted by molar-refractivity contribution is 7.99. The van der Waals surface area contributed by atoms with Crippen LogP contribution in [0, 0.1) is 0 Å². The molecule has 0 fully saturated rings. The molecule has 0 bridgehead atoms. The zero-order chi connectivity index (χ0) is 16.9. The number of nitrogens with zero attached hydrogens (tertiary/aromatic N) is 2. The quantitative estimate of drug-likeness (QED) is 0.436. The van der Waals surface area contributed by atoms with E-state index < -0.39 is 0 Å². The van der Waals surface area contributed by atoms with Crippen molar-refractivity contribution in [2.45, 2.75) is 70.0 Å². The van der Waals surface area contributed by atoms with E-state index in [-0.39, 0.29) is 12.2 Å². The predicted molar refractivity (Wildman–Crippen MR) is 102 cm³/mol. The molecular weight excluding hydrogens is 340 g/mol. The highest BCUT2D eigenvalue weighted by Crippen LogP contribution is 2.34. The molecule has 0 spiro atoms. The van der Waals surface area contributed by atoms with Crippen molar-refractivity contribution in [3.05, 3.63) is 20.8 Å². The van der Waals surface area contributed by atoms with Gasteiger partial charge in [-0.3, -0.25) is 9.36 Å². The first-order chi connectivity index (χ1) is 11.8. The largest absolute Gasteiger partial charge is 0.396 e. The maximum Gasteiger partial charge on any atom is 0.263 e. The third-order valence-electron chi connectivity index (χ3n) is 4.56. The number of thioether (sulfide) groups is 1. The maximum atomic E-state index is 13.2. The number of aryl methyl sites for hydroxylation is 2. The highest BCUT2D eigenvalue weighted by atomic mass is 32.2. The van der Waals surface area contributed by atoms with Gasteiger partial charge in [0.15, 0.2) is 5.16 Å². The fraction of sp³-hybridized carbons (Fsp3) is 0.667. The third kappa shape index (κ3) is 3.70. The summed E-state index contributed by atoms with van der Waals surface area (Å²) in [6, 6.07) is 0. The fourth-order valence-corrected chi connectivity index (χ4v) is 5.53. The summed E-state index contributed by atoms with van der Waals surface area (Å²) >= 11 is 3.32. The van der Waals surface area contributed by atoms with E-state index in [1.165, 1.54) is 23.3 Å². The van der Waals surface area contributed by atoms with Gasteiger partial charge in [0, 0.05) is 23.8 Å². The highest BCUT2D eigenvalue weighted by Gasteiger charge is 2.22. The lowest BCUT2D eigenvalue weighted by Crippen LogP contribution is -2.24. The fourth-order valence-electron chi connectivity index (χ4n) is 3.28. The van der Waals surface area contributed by atoms with Gasteiger partial charge in [-0.1, -0.05) is 31.5 Å². The molecule has 0 aromatic carbocycles. The Balaban J connectivity index is 2.02. The van der Waals surface area contributed by atoms with Crippen molar-refractivity contribution in [2.24, 2.45) is 0 Å². The molecule has 3 rings (SSSR count). The van der Waals surface area contributed by atoms with Crippen molar-refractivity contribution in [2.75, 3.05) is 12.4 Å². The Hall–Kier alpha value is -0.850.